The second kappa shape index (κ2) is 2.83. The molecule has 1 unspecified atom stereocenters. The molecular weight excluding hydrogens is 136 g/mol. The van der Waals surface area contributed by atoms with Gasteiger partial charge in [0.15, 0.2) is 0 Å². The average Bonchev–Trinajstić information content (AvgIpc) is 2.75. The Hall–Kier alpha value is -0.550. The molecule has 60 valence electrons. The van der Waals surface area contributed by atoms with Crippen molar-refractivity contribution in [2.24, 2.45) is 0 Å². The Morgan fingerprint density at radius 2 is 2.18 bits per heavy atom. The lowest BCUT2D eigenvalue weighted by Crippen LogP contribution is -2.33. The molecule has 0 amide bonds. The van der Waals surface area contributed by atoms with Crippen molar-refractivity contribution < 1.29 is 0 Å². The van der Waals surface area contributed by atoms with Crippen LogP contribution in [-0.2, 0) is 0 Å². The summed E-state index contributed by atoms with van der Waals surface area (Å²) in [5.74, 6) is 0. The summed E-state index contributed by atoms with van der Waals surface area (Å²) in [6, 6.07) is 1.48. The Morgan fingerprint density at radius 3 is 2.82 bits per heavy atom. The molecule has 0 radical (unpaired) electrons. The lowest BCUT2D eigenvalue weighted by Gasteiger charge is -2.19. The van der Waals surface area contributed by atoms with Crippen molar-refractivity contribution in [1.82, 2.24) is 4.90 Å². The highest BCUT2D eigenvalue weighted by Gasteiger charge is 2.37. The van der Waals surface area contributed by atoms with Gasteiger partial charge in [-0.25, -0.2) is 6.57 Å². The van der Waals surface area contributed by atoms with E-state index in [9.17, 15) is 0 Å². The Balaban J connectivity index is 1.91. The quantitative estimate of drug-likeness (QED) is 0.542. The van der Waals surface area contributed by atoms with Crippen LogP contribution < -0.4 is 0 Å². The van der Waals surface area contributed by atoms with Gasteiger partial charge in [0.25, 0.3) is 0 Å². The zero-order chi connectivity index (χ0) is 7.68. The SMILES string of the molecule is [C-]#[N+]CC1CCCN1C1CC1. The maximum atomic E-state index is 6.82. The summed E-state index contributed by atoms with van der Waals surface area (Å²) >= 11 is 0. The maximum Gasteiger partial charge on any atom is 0.230 e. The van der Waals surface area contributed by atoms with E-state index in [1.807, 2.05) is 0 Å². The third-order valence-corrected chi connectivity index (χ3v) is 2.74. The fraction of sp³-hybridized carbons (Fsp3) is 0.889. The van der Waals surface area contributed by atoms with Crippen LogP contribution in [0.3, 0.4) is 0 Å². The Bertz CT molecular complexity index is 178. The van der Waals surface area contributed by atoms with Crippen molar-refractivity contribution >= 4 is 0 Å². The molecule has 1 heterocycles. The first kappa shape index (κ1) is 7.12. The van der Waals surface area contributed by atoms with Crippen LogP contribution in [0, 0.1) is 6.57 Å². The van der Waals surface area contributed by atoms with E-state index >= 15 is 0 Å². The lowest BCUT2D eigenvalue weighted by molar-refractivity contribution is 0.255. The molecule has 1 atom stereocenters. The minimum absolute atomic E-state index is 0.611. The molecule has 2 heteroatoms. The van der Waals surface area contributed by atoms with Crippen molar-refractivity contribution in [3.8, 4) is 0 Å². The van der Waals surface area contributed by atoms with Crippen LogP contribution >= 0.6 is 0 Å². The molecule has 0 aromatic rings. The minimum Gasteiger partial charge on any atom is -0.315 e. The van der Waals surface area contributed by atoms with Gasteiger partial charge in [0.2, 0.25) is 6.54 Å². The third kappa shape index (κ3) is 1.39. The topological polar surface area (TPSA) is 7.60 Å². The van der Waals surface area contributed by atoms with Crippen LogP contribution in [0.25, 0.3) is 4.85 Å². The van der Waals surface area contributed by atoms with E-state index in [1.165, 1.54) is 32.2 Å². The lowest BCUT2D eigenvalue weighted by atomic mass is 10.2. The van der Waals surface area contributed by atoms with E-state index in [0.717, 1.165) is 12.6 Å². The van der Waals surface area contributed by atoms with Crippen molar-refractivity contribution in [2.45, 2.75) is 37.8 Å². The molecule has 0 aromatic heterocycles. The van der Waals surface area contributed by atoms with E-state index in [2.05, 4.69) is 9.74 Å². The summed E-state index contributed by atoms with van der Waals surface area (Å²) in [7, 11) is 0. The second-order valence-corrected chi connectivity index (χ2v) is 3.61. The highest BCUT2D eigenvalue weighted by atomic mass is 15.2. The van der Waals surface area contributed by atoms with Crippen LogP contribution in [0.1, 0.15) is 25.7 Å². The van der Waals surface area contributed by atoms with E-state index < -0.39 is 0 Å². The van der Waals surface area contributed by atoms with Gasteiger partial charge in [0.1, 0.15) is 0 Å². The van der Waals surface area contributed by atoms with E-state index in [4.69, 9.17) is 6.57 Å². The Morgan fingerprint density at radius 1 is 1.36 bits per heavy atom. The number of hydrogen-bond acceptors (Lipinski definition) is 1. The summed E-state index contributed by atoms with van der Waals surface area (Å²) in [4.78, 5) is 6.04. The van der Waals surface area contributed by atoms with Crippen LogP contribution in [0.5, 0.6) is 0 Å². The van der Waals surface area contributed by atoms with E-state index in [-0.39, 0.29) is 0 Å². The van der Waals surface area contributed by atoms with Gasteiger partial charge in [-0.1, -0.05) is 0 Å². The molecule has 0 aromatic carbocycles. The average molecular weight is 150 g/mol. The summed E-state index contributed by atoms with van der Waals surface area (Å²) in [5, 5.41) is 0. The van der Waals surface area contributed by atoms with Crippen molar-refractivity contribution in [2.75, 3.05) is 13.1 Å². The van der Waals surface area contributed by atoms with Gasteiger partial charge in [-0.15, -0.1) is 0 Å². The van der Waals surface area contributed by atoms with Crippen LogP contribution in [0.15, 0.2) is 0 Å². The van der Waals surface area contributed by atoms with Crippen LogP contribution in [0.2, 0.25) is 0 Å². The molecule has 1 saturated carbocycles. The molecule has 0 spiro atoms. The number of likely N-dealkylation sites (tertiary alicyclic amines) is 1. The van der Waals surface area contributed by atoms with Gasteiger partial charge in [0, 0.05) is 6.04 Å². The molecule has 2 rings (SSSR count). The largest absolute Gasteiger partial charge is 0.315 e. The zero-order valence-corrected chi connectivity index (χ0v) is 6.79. The molecule has 0 N–H and O–H groups in total. The van der Waals surface area contributed by atoms with Gasteiger partial charge < -0.3 is 4.85 Å². The predicted octanol–water partition coefficient (Wildman–Crippen LogP) is 1.53. The highest BCUT2D eigenvalue weighted by Crippen LogP contribution is 2.33. The minimum atomic E-state index is 0.611. The second-order valence-electron chi connectivity index (χ2n) is 3.61. The molecule has 2 nitrogen and oxygen atoms in total. The third-order valence-electron chi connectivity index (χ3n) is 2.74. The van der Waals surface area contributed by atoms with Gasteiger partial charge in [-0.2, -0.15) is 0 Å². The van der Waals surface area contributed by atoms with Crippen molar-refractivity contribution in [1.29, 1.82) is 0 Å². The summed E-state index contributed by atoms with van der Waals surface area (Å²) in [5.41, 5.74) is 0. The summed E-state index contributed by atoms with van der Waals surface area (Å²) in [6.45, 7) is 8.80. The normalized spacial score (nSPS) is 32.1. The van der Waals surface area contributed by atoms with Crippen molar-refractivity contribution in [3.05, 3.63) is 11.4 Å². The first-order chi connectivity index (χ1) is 5.42. The van der Waals surface area contributed by atoms with Crippen LogP contribution in [0.4, 0.5) is 0 Å². The molecule has 0 bridgehead atoms. The predicted molar refractivity (Wildman–Crippen MR) is 44.2 cm³/mol. The van der Waals surface area contributed by atoms with Gasteiger partial charge >= 0.3 is 0 Å². The number of rotatable bonds is 2. The maximum absolute atomic E-state index is 6.82. The Labute approximate surface area is 68.0 Å². The summed E-state index contributed by atoms with van der Waals surface area (Å²) < 4.78 is 0. The molecule has 1 saturated heterocycles. The fourth-order valence-corrected chi connectivity index (χ4v) is 2.05. The molecular formula is C9H14N2. The Kier molecular flexibility index (Phi) is 1.83. The van der Waals surface area contributed by atoms with Crippen molar-refractivity contribution in [3.63, 3.8) is 0 Å². The molecule has 1 aliphatic heterocycles. The zero-order valence-electron chi connectivity index (χ0n) is 6.79. The van der Waals surface area contributed by atoms with Crippen LogP contribution in [-0.4, -0.2) is 30.1 Å². The summed E-state index contributed by atoms with van der Waals surface area (Å²) in [6.07, 6.45) is 5.35. The van der Waals surface area contributed by atoms with E-state index in [0.29, 0.717) is 6.04 Å². The number of nitrogens with zero attached hydrogens (tertiary/aromatic N) is 2. The standard InChI is InChI=1S/C9H14N2/c1-10-7-9-3-2-6-11(9)8-4-5-8/h8-9H,2-7H2. The first-order valence-electron chi connectivity index (χ1n) is 4.51. The molecule has 1 aliphatic carbocycles. The van der Waals surface area contributed by atoms with Gasteiger partial charge in [0.05, 0.1) is 6.04 Å². The number of hydrogen-bond donors (Lipinski definition) is 0. The molecule has 2 aliphatic rings. The highest BCUT2D eigenvalue weighted by molar-refractivity contribution is 4.94. The monoisotopic (exact) mass is 150 g/mol. The molecule has 11 heavy (non-hydrogen) atoms. The molecule has 2 fully saturated rings. The first-order valence-corrected chi connectivity index (χ1v) is 4.51. The van der Waals surface area contributed by atoms with Gasteiger partial charge in [-0.05, 0) is 32.2 Å². The van der Waals surface area contributed by atoms with Gasteiger partial charge in [-0.3, -0.25) is 4.90 Å². The van der Waals surface area contributed by atoms with E-state index in [1.54, 1.807) is 0 Å². The fourth-order valence-electron chi connectivity index (χ4n) is 2.05. The smallest absolute Gasteiger partial charge is 0.230 e.